The number of carbonyl (C=O) groups is 1. The standard InChI is InChI=1S/C14H15NO2.ClH/c15-13(9-14(16)17)8-10-5-6-11-3-1-2-4-12(11)7-10;/h1-7,13H,8-9,15H2,(H,16,17);1H. The first-order valence-corrected chi connectivity index (χ1v) is 5.60. The Morgan fingerprint density at radius 3 is 2.50 bits per heavy atom. The van der Waals surface area contributed by atoms with Crippen LogP contribution in [0.2, 0.25) is 0 Å². The summed E-state index contributed by atoms with van der Waals surface area (Å²) < 4.78 is 0. The van der Waals surface area contributed by atoms with Gasteiger partial charge in [-0.25, -0.2) is 0 Å². The summed E-state index contributed by atoms with van der Waals surface area (Å²) in [5.41, 5.74) is 6.85. The van der Waals surface area contributed by atoms with Gasteiger partial charge in [-0.1, -0.05) is 42.5 Å². The van der Waals surface area contributed by atoms with E-state index in [1.54, 1.807) is 0 Å². The van der Waals surface area contributed by atoms with Gasteiger partial charge in [-0.3, -0.25) is 4.79 Å². The minimum atomic E-state index is -0.849. The van der Waals surface area contributed by atoms with Crippen LogP contribution in [0.5, 0.6) is 0 Å². The van der Waals surface area contributed by atoms with Crippen molar-refractivity contribution in [2.45, 2.75) is 18.9 Å². The highest BCUT2D eigenvalue weighted by atomic mass is 35.5. The van der Waals surface area contributed by atoms with Crippen molar-refractivity contribution >= 4 is 29.1 Å². The fraction of sp³-hybridized carbons (Fsp3) is 0.214. The lowest BCUT2D eigenvalue weighted by molar-refractivity contribution is -0.137. The second-order valence-electron chi connectivity index (χ2n) is 4.24. The van der Waals surface area contributed by atoms with Crippen LogP contribution in [0.15, 0.2) is 42.5 Å². The molecule has 0 saturated carbocycles. The zero-order valence-corrected chi connectivity index (χ0v) is 10.7. The van der Waals surface area contributed by atoms with E-state index in [1.165, 1.54) is 5.39 Å². The van der Waals surface area contributed by atoms with Gasteiger partial charge in [-0.15, -0.1) is 12.4 Å². The highest BCUT2D eigenvalue weighted by Crippen LogP contribution is 2.16. The number of rotatable bonds is 4. The van der Waals surface area contributed by atoms with E-state index in [2.05, 4.69) is 12.1 Å². The Balaban J connectivity index is 0.00000162. The average Bonchev–Trinajstić information content (AvgIpc) is 2.27. The SMILES string of the molecule is Cl.NC(CC(=O)O)Cc1ccc2ccccc2c1. The maximum atomic E-state index is 10.5. The Labute approximate surface area is 112 Å². The minimum absolute atomic E-state index is 0. The van der Waals surface area contributed by atoms with Crippen molar-refractivity contribution in [3.05, 3.63) is 48.0 Å². The third-order valence-corrected chi connectivity index (χ3v) is 2.75. The van der Waals surface area contributed by atoms with Crippen molar-refractivity contribution in [3.8, 4) is 0 Å². The number of carboxylic acid groups (broad SMARTS) is 1. The number of hydrogen-bond donors (Lipinski definition) is 2. The predicted octanol–water partition coefficient (Wildman–Crippen LogP) is 2.61. The van der Waals surface area contributed by atoms with Crippen molar-refractivity contribution in [2.75, 3.05) is 0 Å². The summed E-state index contributed by atoms with van der Waals surface area (Å²) in [6.07, 6.45) is 0.601. The normalized spacial score (nSPS) is 11.8. The van der Waals surface area contributed by atoms with Gasteiger partial charge in [0.25, 0.3) is 0 Å². The van der Waals surface area contributed by atoms with Crippen LogP contribution in [0, 0.1) is 0 Å². The smallest absolute Gasteiger partial charge is 0.304 e. The summed E-state index contributed by atoms with van der Waals surface area (Å²) in [7, 11) is 0. The fourth-order valence-electron chi connectivity index (χ4n) is 1.96. The molecule has 2 aromatic carbocycles. The number of aliphatic carboxylic acids is 1. The largest absolute Gasteiger partial charge is 0.481 e. The molecule has 2 rings (SSSR count). The van der Waals surface area contributed by atoms with E-state index in [0.29, 0.717) is 6.42 Å². The van der Waals surface area contributed by atoms with Gasteiger partial charge in [0.2, 0.25) is 0 Å². The van der Waals surface area contributed by atoms with Gasteiger partial charge < -0.3 is 10.8 Å². The van der Waals surface area contributed by atoms with Gasteiger partial charge in [0.15, 0.2) is 0 Å². The Kier molecular flexibility index (Phi) is 5.13. The molecule has 0 aromatic heterocycles. The molecule has 0 fully saturated rings. The van der Waals surface area contributed by atoms with Crippen LogP contribution in [0.1, 0.15) is 12.0 Å². The molecule has 4 heteroatoms. The molecule has 96 valence electrons. The zero-order chi connectivity index (χ0) is 12.3. The van der Waals surface area contributed by atoms with Crippen LogP contribution in [-0.2, 0) is 11.2 Å². The predicted molar refractivity (Wildman–Crippen MR) is 75.1 cm³/mol. The topological polar surface area (TPSA) is 63.3 Å². The van der Waals surface area contributed by atoms with E-state index < -0.39 is 5.97 Å². The van der Waals surface area contributed by atoms with E-state index >= 15 is 0 Å². The summed E-state index contributed by atoms with van der Waals surface area (Å²) >= 11 is 0. The molecule has 0 aliphatic heterocycles. The molecule has 3 nitrogen and oxygen atoms in total. The molecule has 0 saturated heterocycles. The number of halogens is 1. The van der Waals surface area contributed by atoms with Gasteiger partial charge in [-0.2, -0.15) is 0 Å². The first-order chi connectivity index (χ1) is 8.15. The van der Waals surface area contributed by atoms with E-state index in [-0.39, 0.29) is 24.9 Å². The lowest BCUT2D eigenvalue weighted by Gasteiger charge is -2.09. The Morgan fingerprint density at radius 1 is 1.17 bits per heavy atom. The molecule has 1 atom stereocenters. The van der Waals surface area contributed by atoms with Crippen LogP contribution in [0.3, 0.4) is 0 Å². The van der Waals surface area contributed by atoms with Crippen LogP contribution in [0.4, 0.5) is 0 Å². The van der Waals surface area contributed by atoms with Gasteiger partial charge in [0.05, 0.1) is 6.42 Å². The molecule has 0 amide bonds. The van der Waals surface area contributed by atoms with Crippen LogP contribution in [0.25, 0.3) is 10.8 Å². The Bertz CT molecular complexity index is 542. The molecule has 0 bridgehead atoms. The molecule has 0 radical (unpaired) electrons. The zero-order valence-electron chi connectivity index (χ0n) is 9.87. The maximum Gasteiger partial charge on any atom is 0.304 e. The summed E-state index contributed by atoms with van der Waals surface area (Å²) in [5, 5.41) is 11.0. The monoisotopic (exact) mass is 265 g/mol. The van der Waals surface area contributed by atoms with Gasteiger partial charge in [0, 0.05) is 6.04 Å². The van der Waals surface area contributed by atoms with Crippen LogP contribution >= 0.6 is 12.4 Å². The number of benzene rings is 2. The third kappa shape index (κ3) is 3.72. The number of carboxylic acids is 1. The van der Waals surface area contributed by atoms with Crippen molar-refractivity contribution in [2.24, 2.45) is 5.73 Å². The highest BCUT2D eigenvalue weighted by molar-refractivity contribution is 5.85. The Morgan fingerprint density at radius 2 is 1.83 bits per heavy atom. The lowest BCUT2D eigenvalue weighted by Crippen LogP contribution is -2.26. The third-order valence-electron chi connectivity index (χ3n) is 2.75. The summed E-state index contributed by atoms with van der Waals surface area (Å²) in [4.78, 5) is 10.5. The van der Waals surface area contributed by atoms with Gasteiger partial charge >= 0.3 is 5.97 Å². The first kappa shape index (κ1) is 14.5. The molecule has 0 aliphatic rings. The van der Waals surface area contributed by atoms with Crippen molar-refractivity contribution in [3.63, 3.8) is 0 Å². The Hall–Kier alpha value is -1.58. The van der Waals surface area contributed by atoms with Crippen LogP contribution in [-0.4, -0.2) is 17.1 Å². The van der Waals surface area contributed by atoms with E-state index in [4.69, 9.17) is 10.8 Å². The quantitative estimate of drug-likeness (QED) is 0.893. The van der Waals surface area contributed by atoms with Crippen molar-refractivity contribution < 1.29 is 9.90 Å². The van der Waals surface area contributed by atoms with Crippen molar-refractivity contribution in [1.82, 2.24) is 0 Å². The second-order valence-corrected chi connectivity index (χ2v) is 4.24. The molecule has 2 aromatic rings. The molecule has 0 spiro atoms. The molecular formula is C14H16ClNO2. The number of hydrogen-bond acceptors (Lipinski definition) is 2. The first-order valence-electron chi connectivity index (χ1n) is 5.60. The van der Waals surface area contributed by atoms with Gasteiger partial charge in [0.1, 0.15) is 0 Å². The number of nitrogens with two attached hydrogens (primary N) is 1. The summed E-state index contributed by atoms with van der Waals surface area (Å²) in [6.45, 7) is 0. The molecule has 1 unspecified atom stereocenters. The van der Waals surface area contributed by atoms with Crippen molar-refractivity contribution in [1.29, 1.82) is 0 Å². The number of fused-ring (bicyclic) bond motifs is 1. The highest BCUT2D eigenvalue weighted by Gasteiger charge is 2.08. The molecule has 0 aliphatic carbocycles. The lowest BCUT2D eigenvalue weighted by atomic mass is 10.0. The van der Waals surface area contributed by atoms with Crippen LogP contribution < -0.4 is 5.73 Å². The summed E-state index contributed by atoms with van der Waals surface area (Å²) in [6, 6.07) is 13.9. The molecular weight excluding hydrogens is 250 g/mol. The molecule has 3 N–H and O–H groups in total. The maximum absolute atomic E-state index is 10.5. The van der Waals surface area contributed by atoms with E-state index in [9.17, 15) is 4.79 Å². The van der Waals surface area contributed by atoms with E-state index in [0.717, 1.165) is 10.9 Å². The second kappa shape index (κ2) is 6.38. The van der Waals surface area contributed by atoms with Gasteiger partial charge in [-0.05, 0) is 22.8 Å². The minimum Gasteiger partial charge on any atom is -0.481 e. The molecule has 18 heavy (non-hydrogen) atoms. The fourth-order valence-corrected chi connectivity index (χ4v) is 1.96. The summed E-state index contributed by atoms with van der Waals surface area (Å²) in [5.74, 6) is -0.849. The average molecular weight is 266 g/mol. The molecule has 0 heterocycles. The van der Waals surface area contributed by atoms with E-state index in [1.807, 2.05) is 30.3 Å².